The predicted octanol–water partition coefficient (Wildman–Crippen LogP) is 3.16. The minimum Gasteiger partial charge on any atom is -0.490 e. The van der Waals surface area contributed by atoms with Gasteiger partial charge in [-0.25, -0.2) is 0 Å². The van der Waals surface area contributed by atoms with E-state index in [9.17, 15) is 9.59 Å². The van der Waals surface area contributed by atoms with E-state index in [0.717, 1.165) is 15.7 Å². The van der Waals surface area contributed by atoms with Crippen molar-refractivity contribution in [3.8, 4) is 5.75 Å². The second-order valence-corrected chi connectivity index (χ2v) is 8.08. The largest absolute Gasteiger partial charge is 0.490 e. The molecule has 2 amide bonds. The van der Waals surface area contributed by atoms with Crippen molar-refractivity contribution in [3.63, 3.8) is 0 Å². The van der Waals surface area contributed by atoms with Gasteiger partial charge in [0.05, 0.1) is 17.3 Å². The number of benzene rings is 2. The number of nitrogens with one attached hydrogen (secondary N) is 2. The molecule has 2 N–H and O–H groups in total. The summed E-state index contributed by atoms with van der Waals surface area (Å²) in [5.74, 6) is -0.262. The number of rotatable bonds is 5. The Morgan fingerprint density at radius 1 is 1.27 bits per heavy atom. The molecule has 1 atom stereocenters. The summed E-state index contributed by atoms with van der Waals surface area (Å²) in [6, 6.07) is 17.2. The van der Waals surface area contributed by atoms with Crippen LogP contribution in [0.25, 0.3) is 0 Å². The standard InChI is InChI=1S/C22H21BrN4O3/c1-27-19-10-16(23)7-8-20(19)30-13-15(22(27)29)12-24-21(28)18-11-17(25-26-18)9-14-5-3-2-4-6-14/h2-8,10-11,15H,9,12-13H2,1H3,(H,24,28)(H,25,26)/t15-/m0/s1. The van der Waals surface area contributed by atoms with Gasteiger partial charge in [0, 0.05) is 24.5 Å². The van der Waals surface area contributed by atoms with Gasteiger partial charge < -0.3 is 15.0 Å². The summed E-state index contributed by atoms with van der Waals surface area (Å²) >= 11 is 3.42. The number of carbonyl (C=O) groups is 2. The van der Waals surface area contributed by atoms with Crippen LogP contribution in [0, 0.1) is 5.92 Å². The van der Waals surface area contributed by atoms with Crippen molar-refractivity contribution >= 4 is 33.4 Å². The number of hydrogen-bond donors (Lipinski definition) is 2. The van der Waals surface area contributed by atoms with Crippen molar-refractivity contribution in [2.24, 2.45) is 5.92 Å². The first-order valence-corrected chi connectivity index (χ1v) is 10.4. The topological polar surface area (TPSA) is 87.3 Å². The van der Waals surface area contributed by atoms with Crippen LogP contribution in [-0.4, -0.2) is 42.2 Å². The molecular weight excluding hydrogens is 448 g/mol. The maximum Gasteiger partial charge on any atom is 0.269 e. The number of nitrogens with zero attached hydrogens (tertiary/aromatic N) is 2. The number of ether oxygens (including phenoxy) is 1. The van der Waals surface area contributed by atoms with Gasteiger partial charge >= 0.3 is 0 Å². The predicted molar refractivity (Wildman–Crippen MR) is 117 cm³/mol. The Kier molecular flexibility index (Phi) is 5.85. The molecule has 0 bridgehead atoms. The van der Waals surface area contributed by atoms with E-state index >= 15 is 0 Å². The minimum absolute atomic E-state index is 0.110. The van der Waals surface area contributed by atoms with Gasteiger partial charge in [0.1, 0.15) is 18.1 Å². The van der Waals surface area contributed by atoms with Gasteiger partial charge in [-0.3, -0.25) is 14.7 Å². The lowest BCUT2D eigenvalue weighted by molar-refractivity contribution is -0.122. The highest BCUT2D eigenvalue weighted by Crippen LogP contribution is 2.34. The van der Waals surface area contributed by atoms with Crippen LogP contribution in [0.1, 0.15) is 21.7 Å². The van der Waals surface area contributed by atoms with Crippen molar-refractivity contribution in [1.82, 2.24) is 15.5 Å². The molecule has 154 valence electrons. The lowest BCUT2D eigenvalue weighted by atomic mass is 10.1. The van der Waals surface area contributed by atoms with Crippen molar-refractivity contribution < 1.29 is 14.3 Å². The van der Waals surface area contributed by atoms with Crippen LogP contribution < -0.4 is 15.0 Å². The molecule has 1 aliphatic rings. The zero-order valence-electron chi connectivity index (χ0n) is 16.4. The number of aromatic amines is 1. The molecule has 0 aliphatic carbocycles. The molecule has 30 heavy (non-hydrogen) atoms. The molecule has 8 heteroatoms. The number of fused-ring (bicyclic) bond motifs is 1. The average Bonchev–Trinajstić information content (AvgIpc) is 3.18. The van der Waals surface area contributed by atoms with E-state index in [-0.39, 0.29) is 25.0 Å². The zero-order valence-corrected chi connectivity index (χ0v) is 18.0. The second-order valence-electron chi connectivity index (χ2n) is 7.16. The molecule has 7 nitrogen and oxygen atoms in total. The highest BCUT2D eigenvalue weighted by atomic mass is 79.9. The fourth-order valence-corrected chi connectivity index (χ4v) is 3.71. The molecule has 0 saturated carbocycles. The number of aromatic nitrogens is 2. The maximum atomic E-state index is 12.8. The number of carbonyl (C=O) groups excluding carboxylic acids is 2. The molecule has 0 fully saturated rings. The number of hydrogen-bond acceptors (Lipinski definition) is 4. The Balaban J connectivity index is 1.38. The molecule has 0 unspecified atom stereocenters. The summed E-state index contributed by atoms with van der Waals surface area (Å²) in [5.41, 5.74) is 2.96. The third-order valence-electron chi connectivity index (χ3n) is 5.01. The van der Waals surface area contributed by atoms with Crippen LogP contribution in [-0.2, 0) is 11.2 Å². The molecule has 1 aromatic heterocycles. The Labute approximate surface area is 182 Å². The van der Waals surface area contributed by atoms with Crippen molar-refractivity contribution in [2.75, 3.05) is 25.1 Å². The molecule has 4 rings (SSSR count). The lowest BCUT2D eigenvalue weighted by Gasteiger charge is -2.20. The zero-order chi connectivity index (χ0) is 21.1. The van der Waals surface area contributed by atoms with Crippen LogP contribution >= 0.6 is 15.9 Å². The highest BCUT2D eigenvalue weighted by Gasteiger charge is 2.30. The minimum atomic E-state index is -0.489. The van der Waals surface area contributed by atoms with Crippen molar-refractivity contribution in [2.45, 2.75) is 6.42 Å². The number of halogens is 1. The fraction of sp³-hybridized carbons (Fsp3) is 0.227. The van der Waals surface area contributed by atoms with Gasteiger partial charge in [0.25, 0.3) is 5.91 Å². The smallest absolute Gasteiger partial charge is 0.269 e. The quantitative estimate of drug-likeness (QED) is 0.601. The normalized spacial score (nSPS) is 15.9. The summed E-state index contributed by atoms with van der Waals surface area (Å²) in [6.45, 7) is 0.366. The summed E-state index contributed by atoms with van der Waals surface area (Å²) in [7, 11) is 1.71. The second kappa shape index (κ2) is 8.71. The molecule has 0 radical (unpaired) electrons. The number of anilines is 1. The van der Waals surface area contributed by atoms with E-state index in [1.807, 2.05) is 48.5 Å². The third-order valence-corrected chi connectivity index (χ3v) is 5.51. The first-order chi connectivity index (χ1) is 14.5. The Morgan fingerprint density at radius 2 is 2.07 bits per heavy atom. The molecule has 0 saturated heterocycles. The fourth-order valence-electron chi connectivity index (χ4n) is 3.36. The number of H-pyrrole nitrogens is 1. The van der Waals surface area contributed by atoms with Crippen molar-refractivity contribution in [3.05, 3.63) is 76.0 Å². The van der Waals surface area contributed by atoms with Crippen LogP contribution in [0.2, 0.25) is 0 Å². The SMILES string of the molecule is CN1C(=O)[C@@H](CNC(=O)c2cc(Cc3ccccc3)n[nH]2)COc2ccc(Br)cc21. The maximum absolute atomic E-state index is 12.8. The van der Waals surface area contributed by atoms with Gasteiger partial charge in [-0.15, -0.1) is 0 Å². The van der Waals surface area contributed by atoms with E-state index in [1.165, 1.54) is 0 Å². The van der Waals surface area contributed by atoms with E-state index < -0.39 is 5.92 Å². The summed E-state index contributed by atoms with van der Waals surface area (Å²) in [4.78, 5) is 26.9. The van der Waals surface area contributed by atoms with Gasteiger partial charge in [-0.2, -0.15) is 5.10 Å². The van der Waals surface area contributed by atoms with E-state index in [1.54, 1.807) is 18.0 Å². The van der Waals surface area contributed by atoms with Gasteiger partial charge in [-0.1, -0.05) is 46.3 Å². The average molecular weight is 469 g/mol. The lowest BCUT2D eigenvalue weighted by Crippen LogP contribution is -2.41. The Morgan fingerprint density at radius 3 is 2.87 bits per heavy atom. The molecule has 3 aromatic rings. The first kappa shape index (κ1) is 20.2. The molecule has 2 heterocycles. The van der Waals surface area contributed by atoms with Gasteiger partial charge in [-0.05, 0) is 29.8 Å². The van der Waals surface area contributed by atoms with E-state index in [0.29, 0.717) is 23.6 Å². The molecular formula is C22H21BrN4O3. The first-order valence-electron chi connectivity index (χ1n) is 9.57. The highest BCUT2D eigenvalue weighted by molar-refractivity contribution is 9.10. The Hall–Kier alpha value is -3.13. The van der Waals surface area contributed by atoms with Crippen LogP contribution in [0.5, 0.6) is 5.75 Å². The summed E-state index contributed by atoms with van der Waals surface area (Å²) in [6.07, 6.45) is 0.637. The van der Waals surface area contributed by atoms with Crippen LogP contribution in [0.15, 0.2) is 59.1 Å². The molecule has 0 spiro atoms. The van der Waals surface area contributed by atoms with Gasteiger partial charge in [0.2, 0.25) is 5.91 Å². The van der Waals surface area contributed by atoms with E-state index in [4.69, 9.17) is 4.74 Å². The van der Waals surface area contributed by atoms with Crippen LogP contribution in [0.4, 0.5) is 5.69 Å². The van der Waals surface area contributed by atoms with Crippen LogP contribution in [0.3, 0.4) is 0 Å². The molecule has 2 aromatic carbocycles. The van der Waals surface area contributed by atoms with Crippen molar-refractivity contribution in [1.29, 1.82) is 0 Å². The Bertz CT molecular complexity index is 1070. The summed E-state index contributed by atoms with van der Waals surface area (Å²) in [5, 5.41) is 9.80. The van der Waals surface area contributed by atoms with Gasteiger partial charge in [0.15, 0.2) is 0 Å². The monoisotopic (exact) mass is 468 g/mol. The van der Waals surface area contributed by atoms with E-state index in [2.05, 4.69) is 31.4 Å². The third kappa shape index (κ3) is 4.38. The summed E-state index contributed by atoms with van der Waals surface area (Å²) < 4.78 is 6.67. The molecule has 1 aliphatic heterocycles. The number of amides is 2.